The molecule has 0 radical (unpaired) electrons. The Hall–Kier alpha value is -3.15. The van der Waals surface area contributed by atoms with Crippen LogP contribution in [0.5, 0.6) is 0 Å². The Bertz CT molecular complexity index is 1050. The van der Waals surface area contributed by atoms with Crippen LogP contribution < -0.4 is 10.6 Å². The van der Waals surface area contributed by atoms with Crippen LogP contribution in [0.1, 0.15) is 27.7 Å². The summed E-state index contributed by atoms with van der Waals surface area (Å²) in [5.74, 6) is 0.825. The van der Waals surface area contributed by atoms with E-state index in [-0.39, 0.29) is 22.7 Å². The third-order valence-corrected chi connectivity index (χ3v) is 6.42. The van der Waals surface area contributed by atoms with Crippen molar-refractivity contribution in [3.8, 4) is 11.4 Å². The molecule has 3 aromatic rings. The number of H-pyrrole nitrogens is 1. The van der Waals surface area contributed by atoms with Crippen LogP contribution in [0.3, 0.4) is 0 Å². The minimum Gasteiger partial charge on any atom is -0.338 e. The number of aromatic amines is 1. The van der Waals surface area contributed by atoms with Crippen molar-refractivity contribution in [2.24, 2.45) is 16.7 Å². The standard InChI is InChI=1S/C22H24N4O2/c1-21(2)18(22(21,3)4)20(28)24-14-7-5-13(6-8-14)19-25-16-10-9-15(23-12-27)11-17(16)26-19/h5-12,18H,1-4H3,(H,23,27)(H,24,28)(H,25,26). The first-order valence-electron chi connectivity index (χ1n) is 9.35. The maximum Gasteiger partial charge on any atom is 0.228 e. The molecule has 0 bridgehead atoms. The van der Waals surface area contributed by atoms with E-state index in [0.29, 0.717) is 12.1 Å². The van der Waals surface area contributed by atoms with Crippen LogP contribution in [0.25, 0.3) is 22.4 Å². The molecule has 1 aliphatic carbocycles. The van der Waals surface area contributed by atoms with Crippen LogP contribution in [-0.2, 0) is 9.59 Å². The van der Waals surface area contributed by atoms with Gasteiger partial charge in [-0.1, -0.05) is 27.7 Å². The smallest absolute Gasteiger partial charge is 0.228 e. The molecule has 0 saturated heterocycles. The lowest BCUT2D eigenvalue weighted by molar-refractivity contribution is -0.118. The molecule has 2 aromatic carbocycles. The fraction of sp³-hybridized carbons (Fsp3) is 0.318. The number of fused-ring (bicyclic) bond motifs is 1. The van der Waals surface area contributed by atoms with Gasteiger partial charge in [0.25, 0.3) is 0 Å². The second kappa shape index (κ2) is 6.19. The van der Waals surface area contributed by atoms with Gasteiger partial charge in [0.2, 0.25) is 12.3 Å². The first kappa shape index (κ1) is 18.2. The van der Waals surface area contributed by atoms with Crippen LogP contribution in [0.15, 0.2) is 42.5 Å². The van der Waals surface area contributed by atoms with Gasteiger partial charge in [0, 0.05) is 22.9 Å². The molecule has 1 heterocycles. The molecular formula is C22H24N4O2. The topological polar surface area (TPSA) is 86.9 Å². The van der Waals surface area contributed by atoms with Crippen LogP contribution >= 0.6 is 0 Å². The molecule has 144 valence electrons. The number of imidazole rings is 1. The number of anilines is 2. The molecule has 1 saturated carbocycles. The molecule has 4 rings (SSSR count). The van der Waals surface area contributed by atoms with Crippen molar-refractivity contribution in [1.82, 2.24) is 9.97 Å². The highest BCUT2D eigenvalue weighted by Crippen LogP contribution is 2.68. The summed E-state index contributed by atoms with van der Waals surface area (Å²) < 4.78 is 0. The molecule has 28 heavy (non-hydrogen) atoms. The molecule has 2 amide bonds. The number of rotatable bonds is 5. The molecule has 1 fully saturated rings. The lowest BCUT2D eigenvalue weighted by atomic mass is 10.0. The van der Waals surface area contributed by atoms with E-state index < -0.39 is 0 Å². The first-order valence-corrected chi connectivity index (χ1v) is 9.35. The number of carbonyl (C=O) groups excluding carboxylic acids is 2. The summed E-state index contributed by atoms with van der Waals surface area (Å²) in [7, 11) is 0. The fourth-order valence-corrected chi connectivity index (χ4v) is 4.08. The Balaban J connectivity index is 1.51. The van der Waals surface area contributed by atoms with Gasteiger partial charge in [-0.2, -0.15) is 0 Å². The van der Waals surface area contributed by atoms with E-state index in [9.17, 15) is 9.59 Å². The van der Waals surface area contributed by atoms with Crippen LogP contribution in [-0.4, -0.2) is 22.3 Å². The minimum atomic E-state index is 0.0167. The number of benzene rings is 2. The van der Waals surface area contributed by atoms with Crippen molar-refractivity contribution in [2.45, 2.75) is 27.7 Å². The van der Waals surface area contributed by atoms with Gasteiger partial charge in [-0.05, 0) is 53.3 Å². The molecule has 1 aromatic heterocycles. The zero-order valence-electron chi connectivity index (χ0n) is 16.5. The highest BCUT2D eigenvalue weighted by atomic mass is 16.2. The van der Waals surface area contributed by atoms with Crippen molar-refractivity contribution in [2.75, 3.05) is 10.6 Å². The zero-order chi connectivity index (χ0) is 20.1. The normalized spacial score (nSPS) is 17.3. The molecule has 3 N–H and O–H groups in total. The van der Waals surface area contributed by atoms with Crippen molar-refractivity contribution in [3.63, 3.8) is 0 Å². The molecule has 0 spiro atoms. The molecular weight excluding hydrogens is 352 g/mol. The monoisotopic (exact) mass is 376 g/mol. The van der Waals surface area contributed by atoms with Gasteiger partial charge in [-0.15, -0.1) is 0 Å². The van der Waals surface area contributed by atoms with Gasteiger partial charge in [0.15, 0.2) is 0 Å². The Morgan fingerprint density at radius 1 is 1.04 bits per heavy atom. The van der Waals surface area contributed by atoms with E-state index in [1.54, 1.807) is 6.07 Å². The van der Waals surface area contributed by atoms with Gasteiger partial charge in [-0.3, -0.25) is 9.59 Å². The van der Waals surface area contributed by atoms with Crippen molar-refractivity contribution < 1.29 is 9.59 Å². The quantitative estimate of drug-likeness (QED) is 0.576. The maximum absolute atomic E-state index is 12.6. The highest BCUT2D eigenvalue weighted by molar-refractivity contribution is 5.96. The third-order valence-electron chi connectivity index (χ3n) is 6.42. The Morgan fingerprint density at radius 3 is 2.29 bits per heavy atom. The van der Waals surface area contributed by atoms with Gasteiger partial charge in [0.05, 0.1) is 11.0 Å². The van der Waals surface area contributed by atoms with E-state index in [1.807, 2.05) is 36.4 Å². The number of nitrogens with one attached hydrogen (secondary N) is 3. The summed E-state index contributed by atoms with van der Waals surface area (Å²) in [6, 6.07) is 13.1. The summed E-state index contributed by atoms with van der Waals surface area (Å²) in [6.45, 7) is 8.55. The Morgan fingerprint density at radius 2 is 1.68 bits per heavy atom. The molecule has 0 unspecified atom stereocenters. The summed E-state index contributed by atoms with van der Waals surface area (Å²) >= 11 is 0. The second-order valence-corrected chi connectivity index (χ2v) is 8.52. The van der Waals surface area contributed by atoms with Gasteiger partial charge in [-0.25, -0.2) is 4.98 Å². The van der Waals surface area contributed by atoms with Crippen molar-refractivity contribution in [3.05, 3.63) is 42.5 Å². The van der Waals surface area contributed by atoms with Gasteiger partial charge in [0.1, 0.15) is 5.82 Å². The third kappa shape index (κ3) is 2.85. The zero-order valence-corrected chi connectivity index (χ0v) is 16.5. The number of carbonyl (C=O) groups is 2. The summed E-state index contributed by atoms with van der Waals surface area (Å²) in [6.07, 6.45) is 0.648. The molecule has 1 aliphatic rings. The maximum atomic E-state index is 12.6. The van der Waals surface area contributed by atoms with Crippen LogP contribution in [0.2, 0.25) is 0 Å². The number of nitrogens with zero attached hydrogens (tertiary/aromatic N) is 1. The molecule has 6 heteroatoms. The van der Waals surface area contributed by atoms with E-state index in [1.165, 1.54) is 0 Å². The van der Waals surface area contributed by atoms with E-state index >= 15 is 0 Å². The fourth-order valence-electron chi connectivity index (χ4n) is 4.08. The number of hydrogen-bond donors (Lipinski definition) is 3. The van der Waals surface area contributed by atoms with Crippen molar-refractivity contribution in [1.29, 1.82) is 0 Å². The predicted molar refractivity (Wildman–Crippen MR) is 111 cm³/mol. The minimum absolute atomic E-state index is 0.0167. The van der Waals surface area contributed by atoms with E-state index in [2.05, 4.69) is 48.3 Å². The average Bonchev–Trinajstić information content (AvgIpc) is 2.94. The van der Waals surface area contributed by atoms with E-state index in [4.69, 9.17) is 0 Å². The summed E-state index contributed by atoms with van der Waals surface area (Å²) in [5, 5.41) is 5.66. The predicted octanol–water partition coefficient (Wildman–Crippen LogP) is 4.42. The summed E-state index contributed by atoms with van der Waals surface area (Å²) in [5.41, 5.74) is 4.11. The SMILES string of the molecule is CC1(C)C(C(=O)Nc2ccc(-c3nc4ccc(NC=O)cc4[nH]3)cc2)C1(C)C. The lowest BCUT2D eigenvalue weighted by Crippen LogP contribution is -2.17. The van der Waals surface area contributed by atoms with Gasteiger partial charge < -0.3 is 15.6 Å². The largest absolute Gasteiger partial charge is 0.338 e. The summed E-state index contributed by atoms with van der Waals surface area (Å²) in [4.78, 5) is 31.1. The molecule has 0 atom stereocenters. The highest BCUT2D eigenvalue weighted by Gasteiger charge is 2.68. The average molecular weight is 376 g/mol. The number of aromatic nitrogens is 2. The van der Waals surface area contributed by atoms with E-state index in [0.717, 1.165) is 28.1 Å². The number of amides is 2. The van der Waals surface area contributed by atoms with Crippen molar-refractivity contribution >= 4 is 34.7 Å². The molecule has 0 aliphatic heterocycles. The Labute approximate surface area is 163 Å². The molecule has 6 nitrogen and oxygen atoms in total. The van der Waals surface area contributed by atoms with Gasteiger partial charge >= 0.3 is 0 Å². The van der Waals surface area contributed by atoms with Crippen LogP contribution in [0, 0.1) is 16.7 Å². The lowest BCUT2D eigenvalue weighted by Gasteiger charge is -2.07. The Kier molecular flexibility index (Phi) is 4.03. The first-order chi connectivity index (χ1) is 13.2. The van der Waals surface area contributed by atoms with Crippen LogP contribution in [0.4, 0.5) is 11.4 Å². The number of hydrogen-bond acceptors (Lipinski definition) is 3. The second-order valence-electron chi connectivity index (χ2n) is 8.52.